The van der Waals surface area contributed by atoms with E-state index in [4.69, 9.17) is 16.3 Å². The van der Waals surface area contributed by atoms with Gasteiger partial charge in [0.05, 0.1) is 25.8 Å². The molecule has 0 bridgehead atoms. The maximum Gasteiger partial charge on any atom is 0.270 e. The smallest absolute Gasteiger partial charge is 0.270 e. The van der Waals surface area contributed by atoms with Gasteiger partial charge in [-0.2, -0.15) is 0 Å². The van der Waals surface area contributed by atoms with E-state index in [-0.39, 0.29) is 39.9 Å². The molecular weight excluding hydrogens is 579 g/mol. The number of hydrogen-bond acceptors (Lipinski definition) is 4. The zero-order valence-corrected chi connectivity index (χ0v) is 25.1. The highest BCUT2D eigenvalue weighted by Gasteiger charge is 2.32. The largest absolute Gasteiger partial charge is 0.496 e. The third kappa shape index (κ3) is 5.44. The van der Waals surface area contributed by atoms with Crippen molar-refractivity contribution in [2.45, 2.75) is 19.5 Å². The molecule has 44 heavy (non-hydrogen) atoms. The van der Waals surface area contributed by atoms with Crippen molar-refractivity contribution in [2.24, 2.45) is 0 Å². The van der Waals surface area contributed by atoms with Crippen LogP contribution in [0.1, 0.15) is 37.8 Å². The molecule has 0 fully saturated rings. The van der Waals surface area contributed by atoms with Gasteiger partial charge in [-0.1, -0.05) is 54.1 Å². The monoisotopic (exact) mass is 608 g/mol. The van der Waals surface area contributed by atoms with Crippen LogP contribution in [-0.4, -0.2) is 47.0 Å². The number of hydrogen-bond donors (Lipinski definition) is 0. The van der Waals surface area contributed by atoms with E-state index in [1.807, 2.05) is 53.1 Å². The molecule has 2 amide bonds. The molecule has 0 saturated heterocycles. The van der Waals surface area contributed by atoms with Gasteiger partial charge in [0, 0.05) is 59.4 Å². The molecule has 0 unspecified atom stereocenters. The van der Waals surface area contributed by atoms with Gasteiger partial charge in [-0.15, -0.1) is 0 Å². The lowest BCUT2D eigenvalue weighted by Crippen LogP contribution is -2.32. The Kier molecular flexibility index (Phi) is 8.17. The van der Waals surface area contributed by atoms with Crippen LogP contribution in [-0.2, 0) is 19.5 Å². The van der Waals surface area contributed by atoms with Crippen molar-refractivity contribution >= 4 is 29.1 Å². The minimum atomic E-state index is -0.503. The number of fused-ring (bicyclic) bond motifs is 2. The average molecular weight is 609 g/mol. The SMILES string of the molecule is COc1ccc(Cl)c(-c2ccccc2F)c1C(=O)N1Cc2ccc(C(=O)N(C)CCc3ccccn3)n2Cc2ccccc21. The molecule has 0 saturated carbocycles. The number of carbonyl (C=O) groups excluding carboxylic acids is 2. The number of carbonyl (C=O) groups is 2. The second kappa shape index (κ2) is 12.3. The normalized spacial score (nSPS) is 12.2. The molecule has 0 N–H and O–H groups in total. The summed E-state index contributed by atoms with van der Waals surface area (Å²) in [7, 11) is 3.25. The van der Waals surface area contributed by atoms with Gasteiger partial charge in [-0.05, 0) is 54.1 Å². The summed E-state index contributed by atoms with van der Waals surface area (Å²) in [5.74, 6) is -0.745. The highest BCUT2D eigenvalue weighted by Crippen LogP contribution is 2.40. The lowest BCUT2D eigenvalue weighted by atomic mass is 9.96. The number of benzene rings is 3. The van der Waals surface area contributed by atoms with Gasteiger partial charge in [0.15, 0.2) is 0 Å². The van der Waals surface area contributed by atoms with E-state index in [9.17, 15) is 9.59 Å². The molecule has 5 aromatic rings. The number of rotatable bonds is 7. The van der Waals surface area contributed by atoms with Crippen LogP contribution in [0.2, 0.25) is 5.02 Å². The fourth-order valence-electron chi connectivity index (χ4n) is 5.66. The molecule has 0 aliphatic carbocycles. The first-order chi connectivity index (χ1) is 21.4. The predicted octanol–water partition coefficient (Wildman–Crippen LogP) is 6.87. The first-order valence-electron chi connectivity index (χ1n) is 14.2. The third-order valence-corrected chi connectivity index (χ3v) is 8.25. The highest BCUT2D eigenvalue weighted by molar-refractivity contribution is 6.35. The number of pyridine rings is 1. The number of aromatic nitrogens is 2. The molecule has 222 valence electrons. The second-order valence-electron chi connectivity index (χ2n) is 10.6. The second-order valence-corrected chi connectivity index (χ2v) is 11.0. The van der Waals surface area contributed by atoms with Crippen molar-refractivity contribution in [3.8, 4) is 16.9 Å². The van der Waals surface area contributed by atoms with Gasteiger partial charge >= 0.3 is 0 Å². The first-order valence-corrected chi connectivity index (χ1v) is 14.6. The third-order valence-electron chi connectivity index (χ3n) is 7.94. The summed E-state index contributed by atoms with van der Waals surface area (Å²) in [4.78, 5) is 36.0. The van der Waals surface area contributed by atoms with Gasteiger partial charge < -0.3 is 19.1 Å². The van der Waals surface area contributed by atoms with E-state index in [0.717, 1.165) is 17.0 Å². The molecule has 3 aromatic carbocycles. The minimum absolute atomic E-state index is 0.122. The maximum absolute atomic E-state index is 15.1. The molecule has 6 rings (SSSR count). The molecule has 1 aliphatic rings. The molecule has 2 aromatic heterocycles. The Labute approximate surface area is 260 Å². The maximum atomic E-state index is 15.1. The van der Waals surface area contributed by atoms with Gasteiger partial charge in [-0.3, -0.25) is 14.6 Å². The topological polar surface area (TPSA) is 67.7 Å². The molecule has 1 aliphatic heterocycles. The Hall–Kier alpha value is -4.95. The molecular formula is C35H30ClFN4O3. The van der Waals surface area contributed by atoms with Crippen molar-refractivity contribution in [2.75, 3.05) is 25.6 Å². The summed E-state index contributed by atoms with van der Waals surface area (Å²) >= 11 is 6.65. The van der Waals surface area contributed by atoms with Crippen LogP contribution in [0.15, 0.2) is 97.2 Å². The molecule has 7 nitrogen and oxygen atoms in total. The summed E-state index contributed by atoms with van der Waals surface area (Å²) in [6, 6.07) is 26.4. The zero-order valence-electron chi connectivity index (χ0n) is 24.3. The van der Waals surface area contributed by atoms with E-state index in [0.29, 0.717) is 30.9 Å². The van der Waals surface area contributed by atoms with Crippen molar-refractivity contribution in [3.05, 3.63) is 136 Å². The predicted molar refractivity (Wildman–Crippen MR) is 169 cm³/mol. The summed E-state index contributed by atoms with van der Waals surface area (Å²) < 4.78 is 22.7. The van der Waals surface area contributed by atoms with E-state index in [2.05, 4.69) is 4.98 Å². The Morgan fingerprint density at radius 2 is 1.73 bits per heavy atom. The zero-order chi connectivity index (χ0) is 30.8. The minimum Gasteiger partial charge on any atom is -0.496 e. The van der Waals surface area contributed by atoms with Crippen molar-refractivity contribution < 1.29 is 18.7 Å². The Balaban J connectivity index is 1.39. The number of halogens is 2. The van der Waals surface area contributed by atoms with Crippen LogP contribution in [0.5, 0.6) is 5.75 Å². The van der Waals surface area contributed by atoms with Crippen LogP contribution in [0.4, 0.5) is 10.1 Å². The van der Waals surface area contributed by atoms with Gasteiger partial charge in [0.25, 0.3) is 11.8 Å². The van der Waals surface area contributed by atoms with E-state index in [1.165, 1.54) is 13.2 Å². The summed E-state index contributed by atoms with van der Waals surface area (Å²) in [6.45, 7) is 1.07. The van der Waals surface area contributed by atoms with Crippen molar-refractivity contribution in [1.29, 1.82) is 0 Å². The molecule has 3 heterocycles. The number of para-hydroxylation sites is 1. The lowest BCUT2D eigenvalue weighted by molar-refractivity contribution is 0.0785. The molecule has 0 radical (unpaired) electrons. The first kappa shape index (κ1) is 29.1. The Morgan fingerprint density at radius 3 is 2.50 bits per heavy atom. The quantitative estimate of drug-likeness (QED) is 0.202. The van der Waals surface area contributed by atoms with Crippen LogP contribution >= 0.6 is 11.6 Å². The number of amides is 2. The van der Waals surface area contributed by atoms with Gasteiger partial charge in [0.2, 0.25) is 0 Å². The van der Waals surface area contributed by atoms with Crippen LogP contribution in [0.3, 0.4) is 0 Å². The number of methoxy groups -OCH3 is 1. The summed E-state index contributed by atoms with van der Waals surface area (Å²) in [6.07, 6.45) is 2.38. The molecule has 9 heteroatoms. The van der Waals surface area contributed by atoms with Crippen LogP contribution < -0.4 is 9.64 Å². The Bertz CT molecular complexity index is 1860. The van der Waals surface area contributed by atoms with Crippen LogP contribution in [0.25, 0.3) is 11.1 Å². The van der Waals surface area contributed by atoms with E-state index in [1.54, 1.807) is 59.4 Å². The number of likely N-dealkylation sites (N-methyl/N-ethyl adjacent to an activating group) is 1. The van der Waals surface area contributed by atoms with Crippen molar-refractivity contribution in [1.82, 2.24) is 14.5 Å². The average Bonchev–Trinajstić information content (AvgIpc) is 3.36. The van der Waals surface area contributed by atoms with Gasteiger partial charge in [-0.25, -0.2) is 4.39 Å². The Morgan fingerprint density at radius 1 is 0.955 bits per heavy atom. The number of anilines is 1. The van der Waals surface area contributed by atoms with E-state index >= 15 is 4.39 Å². The summed E-state index contributed by atoms with van der Waals surface area (Å²) in [5, 5.41) is 0.229. The van der Waals surface area contributed by atoms with Crippen molar-refractivity contribution in [3.63, 3.8) is 0 Å². The molecule has 0 spiro atoms. The molecule has 0 atom stereocenters. The van der Waals surface area contributed by atoms with E-state index < -0.39 is 11.7 Å². The lowest BCUT2D eigenvalue weighted by Gasteiger charge is -2.25. The highest BCUT2D eigenvalue weighted by atomic mass is 35.5. The number of nitrogens with zero attached hydrogens (tertiary/aromatic N) is 4. The fraction of sp³-hybridized carbons (Fsp3) is 0.171. The fourth-order valence-corrected chi connectivity index (χ4v) is 5.92. The van der Waals surface area contributed by atoms with Crippen LogP contribution in [0, 0.1) is 5.82 Å². The van der Waals surface area contributed by atoms with Gasteiger partial charge in [0.1, 0.15) is 17.3 Å². The number of ether oxygens (including phenoxy) is 1. The summed E-state index contributed by atoms with van der Waals surface area (Å²) in [5.41, 5.74) is 4.38. The standard InChI is InChI=1S/C35H30ClFN4O3/c1-39(20-18-24-10-7-8-19-38-24)34(42)30-16-14-25-22-41(29-13-6-3-9-23(29)21-40(25)30)35(43)33-31(44-2)17-15-27(36)32(33)26-11-4-5-12-28(26)37/h3-17,19H,18,20-22H2,1-2H3.